The molecule has 0 radical (unpaired) electrons. The van der Waals surface area contributed by atoms with E-state index in [1.54, 1.807) is 0 Å². The van der Waals surface area contributed by atoms with Crippen molar-refractivity contribution in [3.63, 3.8) is 0 Å². The molecule has 20 heavy (non-hydrogen) atoms. The molecule has 1 atom stereocenters. The van der Waals surface area contributed by atoms with E-state index in [0.29, 0.717) is 13.1 Å². The van der Waals surface area contributed by atoms with Gasteiger partial charge in [-0.3, -0.25) is 19.3 Å². The molecular formula is C13H21N3O4. The monoisotopic (exact) mass is 283 g/mol. The van der Waals surface area contributed by atoms with Gasteiger partial charge in [0.25, 0.3) is 0 Å². The maximum Gasteiger partial charge on any atom is 0.317 e. The number of hydrogen-bond donors (Lipinski definition) is 3. The number of carboxylic acid groups (broad SMARTS) is 1. The predicted octanol–water partition coefficient (Wildman–Crippen LogP) is -0.824. The number of carbonyl (C=O) groups is 3. The molecule has 0 aromatic carbocycles. The molecule has 1 heterocycles. The highest BCUT2D eigenvalue weighted by Gasteiger charge is 2.36. The third kappa shape index (κ3) is 3.47. The van der Waals surface area contributed by atoms with Crippen LogP contribution in [0.3, 0.4) is 0 Å². The highest BCUT2D eigenvalue weighted by molar-refractivity contribution is 5.89. The smallest absolute Gasteiger partial charge is 0.317 e. The van der Waals surface area contributed by atoms with Crippen LogP contribution in [0.2, 0.25) is 0 Å². The number of nitrogens with zero attached hydrogens (tertiary/aromatic N) is 1. The predicted molar refractivity (Wildman–Crippen MR) is 71.0 cm³/mol. The van der Waals surface area contributed by atoms with Gasteiger partial charge < -0.3 is 15.7 Å². The number of carbonyl (C=O) groups excluding carboxylic acids is 2. The number of hydrogen-bond acceptors (Lipinski definition) is 4. The van der Waals surface area contributed by atoms with Crippen LogP contribution in [0.5, 0.6) is 0 Å². The van der Waals surface area contributed by atoms with Crippen LogP contribution in [0, 0.1) is 5.92 Å². The van der Waals surface area contributed by atoms with Crippen molar-refractivity contribution in [3.05, 3.63) is 0 Å². The van der Waals surface area contributed by atoms with Crippen molar-refractivity contribution in [2.24, 2.45) is 5.92 Å². The number of amides is 2. The summed E-state index contributed by atoms with van der Waals surface area (Å²) in [5.74, 6) is -1.24. The minimum Gasteiger partial charge on any atom is -0.480 e. The van der Waals surface area contributed by atoms with E-state index in [4.69, 9.17) is 5.11 Å². The van der Waals surface area contributed by atoms with Crippen LogP contribution >= 0.6 is 0 Å². The highest BCUT2D eigenvalue weighted by Crippen LogP contribution is 2.26. The van der Waals surface area contributed by atoms with Gasteiger partial charge in [0.2, 0.25) is 11.8 Å². The van der Waals surface area contributed by atoms with Crippen molar-refractivity contribution in [1.82, 2.24) is 15.5 Å². The van der Waals surface area contributed by atoms with E-state index >= 15 is 0 Å². The molecule has 1 saturated carbocycles. The largest absolute Gasteiger partial charge is 0.480 e. The number of rotatable bonds is 6. The van der Waals surface area contributed by atoms with Crippen LogP contribution in [-0.4, -0.2) is 59.5 Å². The topological polar surface area (TPSA) is 98.7 Å². The Morgan fingerprint density at radius 1 is 1.45 bits per heavy atom. The molecule has 7 nitrogen and oxygen atoms in total. The molecule has 112 valence electrons. The molecule has 0 aromatic rings. The molecule has 2 amide bonds. The summed E-state index contributed by atoms with van der Waals surface area (Å²) in [5, 5.41) is 14.4. The molecule has 1 unspecified atom stereocenters. The van der Waals surface area contributed by atoms with Crippen molar-refractivity contribution in [2.75, 3.05) is 19.6 Å². The van der Waals surface area contributed by atoms with Crippen LogP contribution in [0.4, 0.5) is 0 Å². The Bertz CT molecular complexity index is 406. The lowest BCUT2D eigenvalue weighted by atomic mass is 9.85. The molecule has 0 bridgehead atoms. The summed E-state index contributed by atoms with van der Waals surface area (Å²) in [5.41, 5.74) is 0. The zero-order valence-corrected chi connectivity index (χ0v) is 11.6. The maximum atomic E-state index is 11.9. The van der Waals surface area contributed by atoms with Gasteiger partial charge in [0.05, 0.1) is 12.5 Å². The summed E-state index contributed by atoms with van der Waals surface area (Å²) in [6, 6.07) is 0.329. The lowest BCUT2D eigenvalue weighted by Gasteiger charge is -2.42. The van der Waals surface area contributed by atoms with E-state index in [2.05, 4.69) is 10.6 Å². The first-order chi connectivity index (χ1) is 9.49. The van der Waals surface area contributed by atoms with Crippen LogP contribution < -0.4 is 10.6 Å². The van der Waals surface area contributed by atoms with Gasteiger partial charge in [-0.2, -0.15) is 0 Å². The van der Waals surface area contributed by atoms with Gasteiger partial charge in [0.15, 0.2) is 0 Å². The van der Waals surface area contributed by atoms with Gasteiger partial charge in [-0.15, -0.1) is 0 Å². The summed E-state index contributed by atoms with van der Waals surface area (Å²) >= 11 is 0. The zero-order chi connectivity index (χ0) is 14.7. The molecule has 3 N–H and O–H groups in total. The minimum atomic E-state index is -0.824. The normalized spacial score (nSPS) is 28.9. The number of likely N-dealkylation sites (N-methyl/N-ethyl adjacent to an activating group) is 1. The number of aliphatic carboxylic acids is 1. The molecule has 2 aliphatic rings. The molecule has 0 spiro atoms. The second-order valence-corrected chi connectivity index (χ2v) is 5.49. The Morgan fingerprint density at radius 3 is 2.65 bits per heavy atom. The number of carboxylic acids is 1. The molecule has 2 rings (SSSR count). The van der Waals surface area contributed by atoms with Crippen molar-refractivity contribution in [1.29, 1.82) is 0 Å². The molecule has 7 heteroatoms. The highest BCUT2D eigenvalue weighted by atomic mass is 16.4. The molecule has 1 aliphatic heterocycles. The fourth-order valence-electron chi connectivity index (χ4n) is 2.79. The van der Waals surface area contributed by atoms with Gasteiger partial charge in [-0.05, 0) is 19.4 Å². The van der Waals surface area contributed by atoms with Gasteiger partial charge in [-0.1, -0.05) is 6.92 Å². The summed E-state index contributed by atoms with van der Waals surface area (Å²) < 4.78 is 0. The summed E-state index contributed by atoms with van der Waals surface area (Å²) in [4.78, 5) is 35.6. The van der Waals surface area contributed by atoms with E-state index in [9.17, 15) is 14.4 Å². The standard InChI is InChI=1S/C13H21N3O4/c1-2-16(7-12(18)19)10-4-9(5-10)15-13(20)8-3-11(17)14-6-8/h8-10H,2-7H2,1H3,(H,14,17)(H,15,20)(H,18,19). The zero-order valence-electron chi connectivity index (χ0n) is 11.6. The van der Waals surface area contributed by atoms with Crippen molar-refractivity contribution < 1.29 is 19.5 Å². The van der Waals surface area contributed by atoms with Crippen LogP contribution in [0.25, 0.3) is 0 Å². The van der Waals surface area contributed by atoms with Crippen LogP contribution in [-0.2, 0) is 14.4 Å². The molecule has 1 saturated heterocycles. The fraction of sp³-hybridized carbons (Fsp3) is 0.769. The third-order valence-electron chi connectivity index (χ3n) is 4.07. The summed E-state index contributed by atoms with van der Waals surface area (Å²) in [7, 11) is 0. The second kappa shape index (κ2) is 6.21. The Balaban J connectivity index is 1.72. The van der Waals surface area contributed by atoms with Crippen molar-refractivity contribution in [2.45, 2.75) is 38.3 Å². The SMILES string of the molecule is CCN(CC(=O)O)C1CC(NC(=O)C2CNC(=O)C2)C1. The average Bonchev–Trinajstić information content (AvgIpc) is 2.77. The van der Waals surface area contributed by atoms with Gasteiger partial charge in [-0.25, -0.2) is 0 Å². The Morgan fingerprint density at radius 2 is 2.15 bits per heavy atom. The first kappa shape index (κ1) is 14.8. The lowest BCUT2D eigenvalue weighted by Crippen LogP contribution is -2.55. The number of nitrogens with one attached hydrogen (secondary N) is 2. The maximum absolute atomic E-state index is 11.9. The van der Waals surface area contributed by atoms with Gasteiger partial charge >= 0.3 is 5.97 Å². The lowest BCUT2D eigenvalue weighted by molar-refractivity contribution is -0.140. The van der Waals surface area contributed by atoms with E-state index in [1.165, 1.54) is 0 Å². The van der Waals surface area contributed by atoms with Gasteiger partial charge in [0, 0.05) is 25.0 Å². The van der Waals surface area contributed by atoms with E-state index < -0.39 is 5.97 Å². The van der Waals surface area contributed by atoms with Gasteiger partial charge in [0.1, 0.15) is 0 Å². The third-order valence-corrected chi connectivity index (χ3v) is 4.07. The van der Waals surface area contributed by atoms with E-state index in [0.717, 1.165) is 12.8 Å². The molecule has 2 fully saturated rings. The fourth-order valence-corrected chi connectivity index (χ4v) is 2.79. The van der Waals surface area contributed by atoms with E-state index in [1.807, 2.05) is 11.8 Å². The van der Waals surface area contributed by atoms with E-state index in [-0.39, 0.29) is 42.8 Å². The Hall–Kier alpha value is -1.63. The summed E-state index contributed by atoms with van der Waals surface area (Å²) in [6.45, 7) is 3.09. The average molecular weight is 283 g/mol. The van der Waals surface area contributed by atoms with Crippen molar-refractivity contribution >= 4 is 17.8 Å². The second-order valence-electron chi connectivity index (χ2n) is 5.49. The van der Waals surface area contributed by atoms with Crippen molar-refractivity contribution in [3.8, 4) is 0 Å². The molecule has 0 aromatic heterocycles. The molecular weight excluding hydrogens is 262 g/mol. The minimum absolute atomic E-state index is 0.0445. The Labute approximate surface area is 117 Å². The van der Waals surface area contributed by atoms with Crippen LogP contribution in [0.15, 0.2) is 0 Å². The van der Waals surface area contributed by atoms with Crippen LogP contribution in [0.1, 0.15) is 26.2 Å². The quantitative estimate of drug-likeness (QED) is 0.591. The molecule has 1 aliphatic carbocycles. The summed E-state index contributed by atoms with van der Waals surface area (Å²) in [6.07, 6.45) is 1.82. The Kier molecular flexibility index (Phi) is 4.59. The first-order valence-corrected chi connectivity index (χ1v) is 7.02. The first-order valence-electron chi connectivity index (χ1n) is 7.02.